The molecule has 184 valence electrons. The van der Waals surface area contributed by atoms with Crippen LogP contribution in [0, 0.1) is 13.8 Å². The quantitative estimate of drug-likeness (QED) is 0.583. The average Bonchev–Trinajstić information content (AvgIpc) is 2.98. The molecule has 1 atom stereocenters. The van der Waals surface area contributed by atoms with Crippen LogP contribution in [0.2, 0.25) is 0 Å². The SMILES string of the molecule is COc1ccccc1N1CCN(CC(O)COCC2=C(Cl)c3cc(C)c(C)cc3CCC2)CC1. The number of para-hydroxylation sites is 2. The number of halogens is 1. The number of anilines is 1. The first kappa shape index (κ1) is 25.1. The van der Waals surface area contributed by atoms with Crippen molar-refractivity contribution in [3.63, 3.8) is 0 Å². The number of hydrogen-bond donors (Lipinski definition) is 1. The van der Waals surface area contributed by atoms with Gasteiger partial charge in [0.2, 0.25) is 0 Å². The molecule has 2 aromatic rings. The highest BCUT2D eigenvalue weighted by Gasteiger charge is 2.22. The number of ether oxygens (including phenoxy) is 2. The van der Waals surface area contributed by atoms with Crippen LogP contribution in [0.1, 0.15) is 35.1 Å². The third-order valence-electron chi connectivity index (χ3n) is 7.04. The average molecular weight is 485 g/mol. The Labute approximate surface area is 208 Å². The summed E-state index contributed by atoms with van der Waals surface area (Å²) in [6.45, 7) is 9.33. The van der Waals surface area contributed by atoms with Gasteiger partial charge in [0.25, 0.3) is 0 Å². The highest BCUT2D eigenvalue weighted by atomic mass is 35.5. The molecule has 2 aliphatic rings. The molecule has 1 N–H and O–H groups in total. The second-order valence-electron chi connectivity index (χ2n) is 9.49. The van der Waals surface area contributed by atoms with Gasteiger partial charge in [0.15, 0.2) is 0 Å². The van der Waals surface area contributed by atoms with E-state index in [0.717, 1.165) is 73.0 Å². The molecule has 1 saturated heterocycles. The Bertz CT molecular complexity index is 1010. The van der Waals surface area contributed by atoms with E-state index in [1.807, 2.05) is 18.2 Å². The summed E-state index contributed by atoms with van der Waals surface area (Å²) in [6, 6.07) is 12.6. The molecule has 0 amide bonds. The summed E-state index contributed by atoms with van der Waals surface area (Å²) in [6.07, 6.45) is 2.54. The van der Waals surface area contributed by atoms with E-state index in [1.165, 1.54) is 16.7 Å². The number of nitrogens with zero attached hydrogens (tertiary/aromatic N) is 2. The van der Waals surface area contributed by atoms with Gasteiger partial charge in [-0.25, -0.2) is 0 Å². The number of aryl methyl sites for hydroxylation is 3. The Hall–Kier alpha value is -2.05. The largest absolute Gasteiger partial charge is 0.495 e. The van der Waals surface area contributed by atoms with E-state index in [1.54, 1.807) is 7.11 Å². The third kappa shape index (κ3) is 5.95. The normalized spacial score (nSPS) is 18.0. The summed E-state index contributed by atoms with van der Waals surface area (Å²) in [5, 5.41) is 11.4. The molecule has 2 aromatic carbocycles. The predicted octanol–water partition coefficient (Wildman–Crippen LogP) is 4.80. The molecule has 0 spiro atoms. The number of benzene rings is 2. The van der Waals surface area contributed by atoms with Crippen molar-refractivity contribution in [3.05, 3.63) is 64.2 Å². The molecule has 0 bridgehead atoms. The van der Waals surface area contributed by atoms with Gasteiger partial charge in [0.1, 0.15) is 5.75 Å². The van der Waals surface area contributed by atoms with Crippen LogP contribution in [0.4, 0.5) is 5.69 Å². The molecule has 6 heteroatoms. The lowest BCUT2D eigenvalue weighted by Crippen LogP contribution is -2.49. The van der Waals surface area contributed by atoms with Crippen LogP contribution in [-0.4, -0.2) is 69.2 Å². The molecule has 5 nitrogen and oxygen atoms in total. The lowest BCUT2D eigenvalue weighted by Gasteiger charge is -2.37. The van der Waals surface area contributed by atoms with E-state index in [9.17, 15) is 5.11 Å². The molecule has 0 saturated carbocycles. The summed E-state index contributed by atoms with van der Waals surface area (Å²) in [7, 11) is 1.71. The molecule has 0 radical (unpaired) electrons. The number of aliphatic hydroxyl groups is 1. The van der Waals surface area contributed by atoms with E-state index in [2.05, 4.69) is 41.8 Å². The van der Waals surface area contributed by atoms with Gasteiger partial charge in [-0.3, -0.25) is 4.90 Å². The standard InChI is InChI=1S/C28H37ClN2O3/c1-20-15-22-7-6-8-23(28(29)25(22)16-21(20)2)18-34-19-24(32)17-30-11-13-31(14-12-30)26-9-4-5-10-27(26)33-3/h4-5,9-10,15-16,24,32H,6-8,11-14,17-19H2,1-3H3. The third-order valence-corrected chi connectivity index (χ3v) is 7.52. The molecule has 1 aliphatic carbocycles. The van der Waals surface area contributed by atoms with Crippen LogP contribution in [0.3, 0.4) is 0 Å². The number of piperazine rings is 1. The number of fused-ring (bicyclic) bond motifs is 1. The van der Waals surface area contributed by atoms with Gasteiger partial charge in [-0.15, -0.1) is 0 Å². The van der Waals surface area contributed by atoms with Gasteiger partial charge >= 0.3 is 0 Å². The Kier molecular flexibility index (Phi) is 8.54. The molecule has 1 unspecified atom stereocenters. The zero-order valence-corrected chi connectivity index (χ0v) is 21.4. The number of β-amino-alcohol motifs (C(OH)–C–C–N with tert-alkyl or cyclic N) is 1. The van der Waals surface area contributed by atoms with E-state index in [4.69, 9.17) is 21.1 Å². The fourth-order valence-corrected chi connectivity index (χ4v) is 5.27. The van der Waals surface area contributed by atoms with Crippen LogP contribution in [0.5, 0.6) is 5.75 Å². The first-order valence-electron chi connectivity index (χ1n) is 12.3. The fraction of sp³-hybridized carbons (Fsp3) is 0.500. The number of aliphatic hydroxyl groups excluding tert-OH is 1. The van der Waals surface area contributed by atoms with Gasteiger partial charge in [-0.05, 0) is 73.1 Å². The first-order valence-corrected chi connectivity index (χ1v) is 12.7. The number of methoxy groups -OCH3 is 1. The number of rotatable bonds is 8. The zero-order chi connectivity index (χ0) is 24.1. The molecular weight excluding hydrogens is 448 g/mol. The van der Waals surface area contributed by atoms with Crippen LogP contribution in [0.25, 0.3) is 5.03 Å². The Balaban J connectivity index is 1.25. The van der Waals surface area contributed by atoms with E-state index < -0.39 is 6.10 Å². The van der Waals surface area contributed by atoms with E-state index >= 15 is 0 Å². The van der Waals surface area contributed by atoms with Gasteiger partial charge in [-0.2, -0.15) is 0 Å². The van der Waals surface area contributed by atoms with Gasteiger partial charge in [0.05, 0.1) is 32.1 Å². The summed E-state index contributed by atoms with van der Waals surface area (Å²) in [4.78, 5) is 4.65. The molecular formula is C28H37ClN2O3. The van der Waals surface area contributed by atoms with Crippen molar-refractivity contribution < 1.29 is 14.6 Å². The van der Waals surface area contributed by atoms with Crippen molar-refractivity contribution in [2.75, 3.05) is 57.9 Å². The van der Waals surface area contributed by atoms with Gasteiger partial charge in [-0.1, -0.05) is 35.9 Å². The second-order valence-corrected chi connectivity index (χ2v) is 9.87. The summed E-state index contributed by atoms with van der Waals surface area (Å²) in [5.74, 6) is 0.906. The number of hydrogen-bond acceptors (Lipinski definition) is 5. The monoisotopic (exact) mass is 484 g/mol. The molecule has 34 heavy (non-hydrogen) atoms. The molecule has 1 aliphatic heterocycles. The minimum atomic E-state index is -0.514. The lowest BCUT2D eigenvalue weighted by molar-refractivity contribution is 0.0229. The van der Waals surface area contributed by atoms with Crippen LogP contribution in [-0.2, 0) is 11.2 Å². The zero-order valence-electron chi connectivity index (χ0n) is 20.6. The van der Waals surface area contributed by atoms with E-state index in [-0.39, 0.29) is 0 Å². The molecule has 1 heterocycles. The van der Waals surface area contributed by atoms with Crippen LogP contribution < -0.4 is 9.64 Å². The first-order chi connectivity index (χ1) is 16.5. The Morgan fingerprint density at radius 2 is 1.76 bits per heavy atom. The van der Waals surface area contributed by atoms with Crippen molar-refractivity contribution in [1.29, 1.82) is 0 Å². The molecule has 0 aromatic heterocycles. The van der Waals surface area contributed by atoms with Crippen molar-refractivity contribution >= 4 is 22.3 Å². The van der Waals surface area contributed by atoms with Crippen LogP contribution >= 0.6 is 11.6 Å². The van der Waals surface area contributed by atoms with Crippen LogP contribution in [0.15, 0.2) is 42.0 Å². The molecule has 4 rings (SSSR count). The topological polar surface area (TPSA) is 45.2 Å². The summed E-state index contributed by atoms with van der Waals surface area (Å²) >= 11 is 6.81. The van der Waals surface area contributed by atoms with E-state index in [0.29, 0.717) is 19.8 Å². The van der Waals surface area contributed by atoms with Gasteiger partial charge < -0.3 is 19.5 Å². The van der Waals surface area contributed by atoms with Crippen molar-refractivity contribution in [2.24, 2.45) is 0 Å². The van der Waals surface area contributed by atoms with Gasteiger partial charge in [0, 0.05) is 37.8 Å². The maximum atomic E-state index is 10.6. The summed E-state index contributed by atoms with van der Waals surface area (Å²) < 4.78 is 11.5. The lowest BCUT2D eigenvalue weighted by atomic mass is 9.98. The maximum absolute atomic E-state index is 10.6. The minimum Gasteiger partial charge on any atom is -0.495 e. The van der Waals surface area contributed by atoms with Crippen molar-refractivity contribution in [3.8, 4) is 5.75 Å². The summed E-state index contributed by atoms with van der Waals surface area (Å²) in [5.41, 5.74) is 7.33. The Morgan fingerprint density at radius 3 is 2.53 bits per heavy atom. The second kappa shape index (κ2) is 11.6. The highest BCUT2D eigenvalue weighted by Crippen LogP contribution is 2.34. The molecule has 1 fully saturated rings. The maximum Gasteiger partial charge on any atom is 0.142 e. The van der Waals surface area contributed by atoms with Crippen molar-refractivity contribution in [2.45, 2.75) is 39.2 Å². The Morgan fingerprint density at radius 1 is 1.03 bits per heavy atom. The fourth-order valence-electron chi connectivity index (χ4n) is 4.95. The van der Waals surface area contributed by atoms with Crippen molar-refractivity contribution in [1.82, 2.24) is 4.90 Å². The highest BCUT2D eigenvalue weighted by molar-refractivity contribution is 6.49. The minimum absolute atomic E-state index is 0.320. The smallest absolute Gasteiger partial charge is 0.142 e. The predicted molar refractivity (Wildman–Crippen MR) is 140 cm³/mol.